The molecule has 62 valence electrons. The van der Waals surface area contributed by atoms with Crippen LogP contribution in [0.5, 0.6) is 0 Å². The molecule has 0 fully saturated rings. The first-order chi connectivity index (χ1) is 5.77. The fourth-order valence-electron chi connectivity index (χ4n) is 1.39. The molecule has 0 aliphatic carbocycles. The Morgan fingerprint density at radius 3 is 3.17 bits per heavy atom. The predicted molar refractivity (Wildman–Crippen MR) is 56.4 cm³/mol. The molecule has 1 aromatic carbocycles. The van der Waals surface area contributed by atoms with E-state index in [4.69, 9.17) is 4.65 Å². The molecule has 0 unspecified atom stereocenters. The first-order valence-corrected chi connectivity index (χ1v) is 4.93. The van der Waals surface area contributed by atoms with Gasteiger partial charge in [-0.3, -0.25) is 0 Å². The zero-order valence-corrected chi connectivity index (χ0v) is 8.61. The number of halogens is 1. The van der Waals surface area contributed by atoms with Gasteiger partial charge in [0, 0.05) is 10.2 Å². The molecule has 4 heteroatoms. The maximum Gasteiger partial charge on any atom is 0.491 e. The molecule has 1 heterocycles. The molecule has 1 aromatic rings. The lowest BCUT2D eigenvalue weighted by Crippen LogP contribution is -2.41. The minimum absolute atomic E-state index is 0.620. The minimum Gasteiger partial charge on any atom is -0.423 e. The van der Waals surface area contributed by atoms with E-state index in [0.717, 1.165) is 15.5 Å². The summed E-state index contributed by atoms with van der Waals surface area (Å²) in [5.41, 5.74) is 2.13. The average molecular weight is 274 g/mol. The van der Waals surface area contributed by atoms with Crippen molar-refractivity contribution in [1.29, 1.82) is 0 Å². The van der Waals surface area contributed by atoms with E-state index in [0.29, 0.717) is 6.61 Å². The molecule has 1 aliphatic rings. The van der Waals surface area contributed by atoms with Crippen LogP contribution in [0.4, 0.5) is 0 Å². The fourth-order valence-corrected chi connectivity index (χ4v) is 1.91. The molecular formula is C8H8BIO2. The number of fused-ring (bicyclic) bond motifs is 1. The molecule has 12 heavy (non-hydrogen) atoms. The minimum atomic E-state index is -0.719. The Kier molecular flexibility index (Phi) is 2.39. The first-order valence-electron chi connectivity index (χ1n) is 3.85. The molecule has 1 aliphatic heterocycles. The van der Waals surface area contributed by atoms with Crippen LogP contribution in [0.2, 0.25) is 0 Å². The summed E-state index contributed by atoms with van der Waals surface area (Å²) in [4.78, 5) is 0. The van der Waals surface area contributed by atoms with E-state index in [9.17, 15) is 5.02 Å². The zero-order chi connectivity index (χ0) is 8.55. The van der Waals surface area contributed by atoms with Crippen molar-refractivity contribution in [3.63, 3.8) is 0 Å². The third-order valence-electron chi connectivity index (χ3n) is 2.02. The molecule has 0 bridgehead atoms. The second kappa shape index (κ2) is 3.36. The molecule has 0 amide bonds. The molecule has 1 N–H and O–H groups in total. The van der Waals surface area contributed by atoms with Gasteiger partial charge in [-0.2, -0.15) is 0 Å². The highest BCUT2D eigenvalue weighted by molar-refractivity contribution is 14.1. The second-order valence-electron chi connectivity index (χ2n) is 2.82. The topological polar surface area (TPSA) is 29.5 Å². The SMILES string of the molecule is OB1OCCc2ccc(I)cc21. The lowest BCUT2D eigenvalue weighted by Gasteiger charge is -2.18. The van der Waals surface area contributed by atoms with Crippen molar-refractivity contribution < 1.29 is 9.68 Å². The van der Waals surface area contributed by atoms with Gasteiger partial charge < -0.3 is 9.68 Å². The van der Waals surface area contributed by atoms with Crippen molar-refractivity contribution in [3.8, 4) is 0 Å². The van der Waals surface area contributed by atoms with Crippen LogP contribution in [0.15, 0.2) is 18.2 Å². The summed E-state index contributed by atoms with van der Waals surface area (Å²) in [7, 11) is -0.719. The lowest BCUT2D eigenvalue weighted by molar-refractivity contribution is 0.266. The smallest absolute Gasteiger partial charge is 0.423 e. The lowest BCUT2D eigenvalue weighted by atomic mass is 9.74. The predicted octanol–water partition coefficient (Wildman–Crippen LogP) is 0.551. The summed E-state index contributed by atoms with van der Waals surface area (Å²) in [5, 5.41) is 9.46. The molecule has 2 rings (SSSR count). The standard InChI is InChI=1S/C8H8BIO2/c10-7-2-1-6-3-4-12-9(11)8(6)5-7/h1-2,5,11H,3-4H2. The normalized spacial score (nSPS) is 16.0. The highest BCUT2D eigenvalue weighted by Crippen LogP contribution is 2.10. The average Bonchev–Trinajstić information content (AvgIpc) is 2.07. The van der Waals surface area contributed by atoms with Crippen LogP contribution < -0.4 is 5.46 Å². The highest BCUT2D eigenvalue weighted by Gasteiger charge is 2.24. The van der Waals surface area contributed by atoms with Gasteiger partial charge in [-0.15, -0.1) is 0 Å². The van der Waals surface area contributed by atoms with Crippen molar-refractivity contribution in [2.24, 2.45) is 0 Å². The van der Waals surface area contributed by atoms with Gasteiger partial charge in [-0.05, 0) is 52.2 Å². The van der Waals surface area contributed by atoms with Crippen LogP contribution in [0.25, 0.3) is 0 Å². The van der Waals surface area contributed by atoms with Gasteiger partial charge in [0.2, 0.25) is 0 Å². The van der Waals surface area contributed by atoms with E-state index >= 15 is 0 Å². The number of benzene rings is 1. The van der Waals surface area contributed by atoms with Crippen LogP contribution in [0, 0.1) is 3.57 Å². The molecule has 0 saturated carbocycles. The number of rotatable bonds is 0. The first kappa shape index (κ1) is 8.53. The molecule has 2 nitrogen and oxygen atoms in total. The molecular weight excluding hydrogens is 266 g/mol. The van der Waals surface area contributed by atoms with Gasteiger partial charge in [0.25, 0.3) is 0 Å². The molecule has 0 aromatic heterocycles. The quantitative estimate of drug-likeness (QED) is 0.553. The monoisotopic (exact) mass is 274 g/mol. The Bertz CT molecular complexity index is 303. The van der Waals surface area contributed by atoms with Gasteiger partial charge in [0.1, 0.15) is 0 Å². The van der Waals surface area contributed by atoms with Gasteiger partial charge >= 0.3 is 7.12 Å². The Balaban J connectivity index is 2.47. The van der Waals surface area contributed by atoms with E-state index in [1.165, 1.54) is 5.56 Å². The summed E-state index contributed by atoms with van der Waals surface area (Å²) in [6.45, 7) is 0.620. The van der Waals surface area contributed by atoms with Crippen LogP contribution in [0.3, 0.4) is 0 Å². The molecule has 0 spiro atoms. The second-order valence-corrected chi connectivity index (χ2v) is 4.06. The van der Waals surface area contributed by atoms with Gasteiger partial charge in [0.05, 0.1) is 0 Å². The summed E-state index contributed by atoms with van der Waals surface area (Å²) in [5.74, 6) is 0. The Labute approximate surface area is 85.2 Å². The fraction of sp³-hybridized carbons (Fsp3) is 0.250. The number of hydrogen-bond donors (Lipinski definition) is 1. The third kappa shape index (κ3) is 1.51. The van der Waals surface area contributed by atoms with E-state index in [1.54, 1.807) is 0 Å². The third-order valence-corrected chi connectivity index (χ3v) is 2.69. The van der Waals surface area contributed by atoms with Crippen LogP contribution in [-0.4, -0.2) is 18.7 Å². The number of hydrogen-bond acceptors (Lipinski definition) is 2. The summed E-state index contributed by atoms with van der Waals surface area (Å²) >= 11 is 2.23. The maximum absolute atomic E-state index is 9.46. The van der Waals surface area contributed by atoms with Gasteiger partial charge in [0.15, 0.2) is 0 Å². The van der Waals surface area contributed by atoms with Crippen LogP contribution >= 0.6 is 22.6 Å². The largest absolute Gasteiger partial charge is 0.491 e. The summed E-state index contributed by atoms with van der Waals surface area (Å²) in [6, 6.07) is 6.08. The van der Waals surface area contributed by atoms with E-state index in [1.807, 2.05) is 6.07 Å². The maximum atomic E-state index is 9.46. The zero-order valence-electron chi connectivity index (χ0n) is 6.46. The Morgan fingerprint density at radius 1 is 1.50 bits per heavy atom. The van der Waals surface area contributed by atoms with Crippen molar-refractivity contribution in [3.05, 3.63) is 27.3 Å². The molecule has 0 saturated heterocycles. The van der Waals surface area contributed by atoms with E-state index < -0.39 is 7.12 Å². The van der Waals surface area contributed by atoms with Crippen molar-refractivity contribution in [2.45, 2.75) is 6.42 Å². The van der Waals surface area contributed by atoms with Crippen LogP contribution in [0.1, 0.15) is 5.56 Å². The van der Waals surface area contributed by atoms with Gasteiger partial charge in [-0.1, -0.05) is 6.07 Å². The van der Waals surface area contributed by atoms with Crippen LogP contribution in [-0.2, 0) is 11.1 Å². The Hall–Kier alpha value is -0.0651. The molecule has 0 atom stereocenters. The van der Waals surface area contributed by atoms with E-state index in [2.05, 4.69) is 34.7 Å². The van der Waals surface area contributed by atoms with Crippen molar-refractivity contribution in [1.82, 2.24) is 0 Å². The van der Waals surface area contributed by atoms with E-state index in [-0.39, 0.29) is 0 Å². The summed E-state index contributed by atoms with van der Waals surface area (Å²) in [6.07, 6.45) is 0.906. The van der Waals surface area contributed by atoms with Crippen molar-refractivity contribution >= 4 is 35.2 Å². The van der Waals surface area contributed by atoms with Gasteiger partial charge in [-0.25, -0.2) is 0 Å². The Morgan fingerprint density at radius 2 is 2.33 bits per heavy atom. The molecule has 0 radical (unpaired) electrons. The summed E-state index contributed by atoms with van der Waals surface area (Å²) < 4.78 is 6.25. The van der Waals surface area contributed by atoms with Crippen molar-refractivity contribution in [2.75, 3.05) is 6.61 Å². The highest BCUT2D eigenvalue weighted by atomic mass is 127.